The predicted molar refractivity (Wildman–Crippen MR) is 111 cm³/mol. The smallest absolute Gasteiger partial charge is 0.253 e. The highest BCUT2D eigenvalue weighted by Crippen LogP contribution is 2.27. The molecule has 0 atom stereocenters. The second-order valence-electron chi connectivity index (χ2n) is 7.00. The number of rotatable bonds is 5. The molecule has 0 radical (unpaired) electrons. The zero-order chi connectivity index (χ0) is 18.8. The number of hydrogen-bond donors (Lipinski definition) is 1. The number of halogens is 1. The Kier molecular flexibility index (Phi) is 5.41. The standard InChI is InChI=1S/C21H22ClN3OS/c1-13-16(12-14-11-15(22)8-9-17(14)24-13)21(26)23-10-4-7-20-25-18-5-2-3-6-19(18)27-20/h8-9,11-12H,2-7,10H2,1H3,(H,23,26). The van der Waals surface area contributed by atoms with Crippen LogP contribution in [0.2, 0.25) is 5.02 Å². The van der Waals surface area contributed by atoms with Gasteiger partial charge in [-0.05, 0) is 63.3 Å². The van der Waals surface area contributed by atoms with E-state index in [0.29, 0.717) is 17.1 Å². The SMILES string of the molecule is Cc1nc2ccc(Cl)cc2cc1C(=O)NCCCc1nc2c(s1)CCCC2. The largest absolute Gasteiger partial charge is 0.352 e. The Hall–Kier alpha value is -1.98. The van der Waals surface area contributed by atoms with Crippen LogP contribution in [0.1, 0.15) is 50.9 Å². The van der Waals surface area contributed by atoms with Gasteiger partial charge in [0.1, 0.15) is 0 Å². The second-order valence-corrected chi connectivity index (χ2v) is 8.61. The number of carbonyl (C=O) groups is 1. The van der Waals surface area contributed by atoms with Crippen LogP contribution in [-0.4, -0.2) is 22.4 Å². The molecule has 4 nitrogen and oxygen atoms in total. The zero-order valence-electron chi connectivity index (χ0n) is 15.3. The number of nitrogens with one attached hydrogen (secondary N) is 1. The third-order valence-electron chi connectivity index (χ3n) is 4.95. The third kappa shape index (κ3) is 4.14. The highest BCUT2D eigenvalue weighted by atomic mass is 35.5. The quantitative estimate of drug-likeness (QED) is 0.621. The average Bonchev–Trinajstić information content (AvgIpc) is 3.07. The normalized spacial score (nSPS) is 13.6. The van der Waals surface area contributed by atoms with Gasteiger partial charge in [-0.2, -0.15) is 0 Å². The van der Waals surface area contributed by atoms with Crippen molar-refractivity contribution < 1.29 is 4.79 Å². The third-order valence-corrected chi connectivity index (χ3v) is 6.41. The summed E-state index contributed by atoms with van der Waals surface area (Å²) in [5.41, 5.74) is 3.49. The highest BCUT2D eigenvalue weighted by Gasteiger charge is 2.15. The summed E-state index contributed by atoms with van der Waals surface area (Å²) in [5.74, 6) is -0.0830. The van der Waals surface area contributed by atoms with Crippen molar-refractivity contribution in [3.8, 4) is 0 Å². The molecule has 0 bridgehead atoms. The summed E-state index contributed by atoms with van der Waals surface area (Å²) in [6, 6.07) is 7.39. The van der Waals surface area contributed by atoms with E-state index in [1.807, 2.05) is 42.5 Å². The van der Waals surface area contributed by atoms with Crippen LogP contribution in [0.5, 0.6) is 0 Å². The van der Waals surface area contributed by atoms with Crippen molar-refractivity contribution in [2.45, 2.75) is 45.4 Å². The number of thiazole rings is 1. The van der Waals surface area contributed by atoms with E-state index in [2.05, 4.69) is 10.3 Å². The van der Waals surface area contributed by atoms with E-state index in [1.54, 1.807) is 0 Å². The zero-order valence-corrected chi connectivity index (χ0v) is 16.9. The van der Waals surface area contributed by atoms with Crippen LogP contribution in [-0.2, 0) is 19.3 Å². The van der Waals surface area contributed by atoms with Gasteiger partial charge in [0.05, 0.1) is 27.5 Å². The second kappa shape index (κ2) is 7.95. The summed E-state index contributed by atoms with van der Waals surface area (Å²) in [5, 5.41) is 5.74. The van der Waals surface area contributed by atoms with Gasteiger partial charge in [-0.25, -0.2) is 4.98 Å². The van der Waals surface area contributed by atoms with Crippen molar-refractivity contribution in [3.05, 3.63) is 56.1 Å². The summed E-state index contributed by atoms with van der Waals surface area (Å²) in [6.07, 6.45) is 6.67. The molecule has 6 heteroatoms. The lowest BCUT2D eigenvalue weighted by Gasteiger charge is -2.09. The molecule has 1 aromatic carbocycles. The lowest BCUT2D eigenvalue weighted by molar-refractivity contribution is 0.0952. The van der Waals surface area contributed by atoms with E-state index in [0.717, 1.165) is 35.9 Å². The average molecular weight is 400 g/mol. The van der Waals surface area contributed by atoms with Gasteiger partial charge in [0.25, 0.3) is 5.91 Å². The summed E-state index contributed by atoms with van der Waals surface area (Å²) < 4.78 is 0. The molecule has 0 saturated heterocycles. The fourth-order valence-electron chi connectivity index (χ4n) is 3.52. The fourth-order valence-corrected chi connectivity index (χ4v) is 4.90. The minimum Gasteiger partial charge on any atom is -0.352 e. The Morgan fingerprint density at radius 1 is 1.22 bits per heavy atom. The van der Waals surface area contributed by atoms with Gasteiger partial charge in [0.15, 0.2) is 0 Å². The number of nitrogens with zero attached hydrogens (tertiary/aromatic N) is 2. The van der Waals surface area contributed by atoms with Crippen molar-refractivity contribution >= 4 is 39.7 Å². The van der Waals surface area contributed by atoms with Crippen LogP contribution < -0.4 is 5.32 Å². The summed E-state index contributed by atoms with van der Waals surface area (Å²) in [4.78, 5) is 23.3. The summed E-state index contributed by atoms with van der Waals surface area (Å²) in [6.45, 7) is 2.50. The van der Waals surface area contributed by atoms with Crippen LogP contribution >= 0.6 is 22.9 Å². The number of benzene rings is 1. The molecule has 4 rings (SSSR count). The number of aromatic nitrogens is 2. The van der Waals surface area contributed by atoms with Crippen molar-refractivity contribution in [2.75, 3.05) is 6.54 Å². The number of carbonyl (C=O) groups excluding carboxylic acids is 1. The topological polar surface area (TPSA) is 54.9 Å². The molecule has 2 aromatic heterocycles. The van der Waals surface area contributed by atoms with Crippen molar-refractivity contribution in [1.82, 2.24) is 15.3 Å². The molecule has 1 aliphatic rings. The predicted octanol–water partition coefficient (Wildman–Crippen LogP) is 4.89. The number of amides is 1. The highest BCUT2D eigenvalue weighted by molar-refractivity contribution is 7.11. The molecule has 0 spiro atoms. The first kappa shape index (κ1) is 18.4. The van der Waals surface area contributed by atoms with Gasteiger partial charge in [-0.3, -0.25) is 9.78 Å². The summed E-state index contributed by atoms with van der Waals surface area (Å²) in [7, 11) is 0. The van der Waals surface area contributed by atoms with Gasteiger partial charge >= 0.3 is 0 Å². The van der Waals surface area contributed by atoms with Gasteiger partial charge in [0.2, 0.25) is 0 Å². The molecule has 0 aliphatic heterocycles. The number of pyridine rings is 1. The van der Waals surface area contributed by atoms with E-state index >= 15 is 0 Å². The van der Waals surface area contributed by atoms with Crippen LogP contribution in [0, 0.1) is 6.92 Å². The minimum absolute atomic E-state index is 0.0830. The first-order valence-corrected chi connectivity index (χ1v) is 10.6. The number of fused-ring (bicyclic) bond motifs is 2. The Labute approximate surface area is 168 Å². The first-order valence-electron chi connectivity index (χ1n) is 9.43. The van der Waals surface area contributed by atoms with Crippen LogP contribution in [0.25, 0.3) is 10.9 Å². The number of aryl methyl sites for hydroxylation is 4. The van der Waals surface area contributed by atoms with E-state index in [9.17, 15) is 4.79 Å². The lowest BCUT2D eigenvalue weighted by atomic mass is 10.0. The van der Waals surface area contributed by atoms with Gasteiger partial charge in [-0.15, -0.1) is 11.3 Å². The first-order chi connectivity index (χ1) is 13.1. The number of hydrogen-bond acceptors (Lipinski definition) is 4. The minimum atomic E-state index is -0.0830. The molecule has 0 unspecified atom stereocenters. The van der Waals surface area contributed by atoms with E-state index in [4.69, 9.17) is 16.6 Å². The van der Waals surface area contributed by atoms with Crippen LogP contribution in [0.15, 0.2) is 24.3 Å². The van der Waals surface area contributed by atoms with Crippen molar-refractivity contribution in [1.29, 1.82) is 0 Å². The molecule has 0 fully saturated rings. The lowest BCUT2D eigenvalue weighted by Crippen LogP contribution is -2.25. The molecule has 3 aromatic rings. The maximum absolute atomic E-state index is 12.6. The molecule has 140 valence electrons. The van der Waals surface area contributed by atoms with Crippen molar-refractivity contribution in [3.63, 3.8) is 0 Å². The van der Waals surface area contributed by atoms with Crippen LogP contribution in [0.4, 0.5) is 0 Å². The molecule has 2 heterocycles. The molecular formula is C21H22ClN3OS. The van der Waals surface area contributed by atoms with Crippen molar-refractivity contribution in [2.24, 2.45) is 0 Å². The van der Waals surface area contributed by atoms with E-state index < -0.39 is 0 Å². The van der Waals surface area contributed by atoms with E-state index in [1.165, 1.54) is 34.8 Å². The molecule has 1 aliphatic carbocycles. The maximum Gasteiger partial charge on any atom is 0.253 e. The molecule has 27 heavy (non-hydrogen) atoms. The van der Waals surface area contributed by atoms with E-state index in [-0.39, 0.29) is 5.91 Å². The van der Waals surface area contributed by atoms with Gasteiger partial charge in [0, 0.05) is 28.3 Å². The Bertz CT molecular complexity index is 975. The molecule has 1 N–H and O–H groups in total. The Balaban J connectivity index is 1.36. The van der Waals surface area contributed by atoms with Crippen LogP contribution in [0.3, 0.4) is 0 Å². The maximum atomic E-state index is 12.6. The van der Waals surface area contributed by atoms with Gasteiger partial charge in [-0.1, -0.05) is 11.6 Å². The van der Waals surface area contributed by atoms with Gasteiger partial charge < -0.3 is 5.32 Å². The Morgan fingerprint density at radius 3 is 2.93 bits per heavy atom. The molecular weight excluding hydrogens is 378 g/mol. The molecule has 0 saturated carbocycles. The summed E-state index contributed by atoms with van der Waals surface area (Å²) >= 11 is 7.90. The molecule has 1 amide bonds. The Morgan fingerprint density at radius 2 is 2.07 bits per heavy atom. The monoisotopic (exact) mass is 399 g/mol. The fraction of sp³-hybridized carbons (Fsp3) is 0.381.